The van der Waals surface area contributed by atoms with E-state index in [4.69, 9.17) is 11.5 Å². The number of carbonyl (C=O) groups is 5. The molecule has 39 heavy (non-hydrogen) atoms. The monoisotopic (exact) mass is 560 g/mol. The number of hydrogen-bond donors (Lipinski definition) is 6. The summed E-state index contributed by atoms with van der Waals surface area (Å²) in [7, 11) is 0. The predicted molar refractivity (Wildman–Crippen MR) is 148 cm³/mol. The molecule has 3 rings (SSSR count). The van der Waals surface area contributed by atoms with Crippen LogP contribution >= 0.6 is 11.8 Å². The lowest BCUT2D eigenvalue weighted by Crippen LogP contribution is -2.57. The molecule has 0 radical (unpaired) electrons. The average Bonchev–Trinajstić information content (AvgIpc) is 3.56. The van der Waals surface area contributed by atoms with Crippen molar-refractivity contribution in [2.24, 2.45) is 11.5 Å². The number of para-hydroxylation sites is 1. The molecule has 8 N–H and O–H groups in total. The Hall–Kier alpha value is -3.58. The van der Waals surface area contributed by atoms with Crippen molar-refractivity contribution in [3.8, 4) is 0 Å². The maximum atomic E-state index is 13.5. The number of rotatable bonds is 14. The highest BCUT2D eigenvalue weighted by atomic mass is 32.2. The number of nitrogens with zero attached hydrogens (tertiary/aromatic N) is 1. The number of nitrogens with one attached hydrogen (secondary N) is 3. The summed E-state index contributed by atoms with van der Waals surface area (Å²) in [5.41, 5.74) is 13.2. The number of aliphatic carboxylic acids is 1. The number of nitrogens with two attached hydrogens (primary N) is 2. The van der Waals surface area contributed by atoms with E-state index >= 15 is 0 Å². The molecule has 1 aliphatic heterocycles. The number of likely N-dealkylation sites (tertiary alicyclic amines) is 1. The minimum absolute atomic E-state index is 0.155. The van der Waals surface area contributed by atoms with Gasteiger partial charge in [0.2, 0.25) is 23.6 Å². The van der Waals surface area contributed by atoms with Crippen LogP contribution in [0.15, 0.2) is 30.5 Å². The molecule has 13 heteroatoms. The molecule has 0 saturated carbocycles. The highest BCUT2D eigenvalue weighted by molar-refractivity contribution is 7.98. The first-order valence-corrected chi connectivity index (χ1v) is 14.2. The third-order valence-corrected chi connectivity index (χ3v) is 7.45. The van der Waals surface area contributed by atoms with Crippen LogP contribution in [0.3, 0.4) is 0 Å². The zero-order chi connectivity index (χ0) is 28.5. The second kappa shape index (κ2) is 14.0. The molecular weight excluding hydrogens is 524 g/mol. The van der Waals surface area contributed by atoms with E-state index in [0.29, 0.717) is 31.6 Å². The van der Waals surface area contributed by atoms with Crippen LogP contribution in [0.2, 0.25) is 0 Å². The predicted octanol–water partition coefficient (Wildman–Crippen LogP) is 0.102. The first kappa shape index (κ1) is 30.0. The van der Waals surface area contributed by atoms with Gasteiger partial charge in [0, 0.05) is 30.1 Å². The van der Waals surface area contributed by atoms with Crippen LogP contribution < -0.4 is 22.1 Å². The number of fused-ring (bicyclic) bond motifs is 1. The summed E-state index contributed by atoms with van der Waals surface area (Å²) in [6.45, 7) is 0.295. The lowest BCUT2D eigenvalue weighted by atomic mass is 10.0. The quantitative estimate of drug-likeness (QED) is 0.187. The van der Waals surface area contributed by atoms with Gasteiger partial charge in [-0.25, -0.2) is 4.79 Å². The number of aromatic nitrogens is 1. The molecule has 212 valence electrons. The fourth-order valence-corrected chi connectivity index (χ4v) is 5.19. The van der Waals surface area contributed by atoms with Gasteiger partial charge in [0.1, 0.15) is 18.1 Å². The standard InChI is InChI=1S/C26H36N6O6S/c1-39-12-10-19(30-23(34)17(27)13-15-14-29-18-6-3-2-5-16(15)18)25(36)32-11-4-7-21(32)24(35)31-20(26(37)38)8-9-22(28)33/h2-3,5-6,14,17,19-21,29H,4,7-13,27H2,1H3,(H2,28,33)(H,30,34)(H,31,35)(H,37,38). The number of thioether (sulfide) groups is 1. The maximum Gasteiger partial charge on any atom is 0.326 e. The molecule has 4 atom stereocenters. The topological polar surface area (TPSA) is 201 Å². The van der Waals surface area contributed by atoms with Gasteiger partial charge in [0.15, 0.2) is 0 Å². The van der Waals surface area contributed by atoms with Crippen molar-refractivity contribution in [2.45, 2.75) is 62.7 Å². The van der Waals surface area contributed by atoms with Gasteiger partial charge in [0.25, 0.3) is 0 Å². The minimum atomic E-state index is -1.31. The number of carbonyl (C=O) groups excluding carboxylic acids is 4. The highest BCUT2D eigenvalue weighted by Crippen LogP contribution is 2.21. The highest BCUT2D eigenvalue weighted by Gasteiger charge is 2.39. The summed E-state index contributed by atoms with van der Waals surface area (Å²) in [6.07, 6.45) is 4.85. The molecule has 1 fully saturated rings. The van der Waals surface area contributed by atoms with Crippen LogP contribution in [0.4, 0.5) is 0 Å². The molecule has 1 aliphatic rings. The van der Waals surface area contributed by atoms with Gasteiger partial charge in [-0.1, -0.05) is 18.2 Å². The number of amides is 4. The molecule has 4 unspecified atom stereocenters. The van der Waals surface area contributed by atoms with Crippen molar-refractivity contribution in [1.82, 2.24) is 20.5 Å². The number of carboxylic acid groups (broad SMARTS) is 1. The van der Waals surface area contributed by atoms with Gasteiger partial charge in [-0.15, -0.1) is 0 Å². The Morgan fingerprint density at radius 3 is 2.59 bits per heavy atom. The molecule has 1 saturated heterocycles. The van der Waals surface area contributed by atoms with E-state index < -0.39 is 53.8 Å². The second-order valence-electron chi connectivity index (χ2n) is 9.61. The number of aromatic amines is 1. The van der Waals surface area contributed by atoms with Gasteiger partial charge < -0.3 is 37.1 Å². The number of H-pyrrole nitrogens is 1. The Morgan fingerprint density at radius 2 is 1.90 bits per heavy atom. The lowest BCUT2D eigenvalue weighted by Gasteiger charge is -2.30. The van der Waals surface area contributed by atoms with Crippen LogP contribution in [-0.2, 0) is 30.4 Å². The summed E-state index contributed by atoms with van der Waals surface area (Å²) in [6, 6.07) is 3.70. The van der Waals surface area contributed by atoms with Crippen molar-refractivity contribution in [3.05, 3.63) is 36.0 Å². The second-order valence-corrected chi connectivity index (χ2v) is 10.6. The lowest BCUT2D eigenvalue weighted by molar-refractivity contribution is -0.145. The summed E-state index contributed by atoms with van der Waals surface area (Å²) in [5.74, 6) is -2.90. The molecule has 12 nitrogen and oxygen atoms in total. The van der Waals surface area contributed by atoms with E-state index in [9.17, 15) is 29.1 Å². The SMILES string of the molecule is CSCCC(NC(=O)C(N)Cc1c[nH]c2ccccc12)C(=O)N1CCCC1C(=O)NC(CCC(N)=O)C(=O)O. The Kier molecular flexibility index (Phi) is 10.8. The van der Waals surface area contributed by atoms with Crippen molar-refractivity contribution >= 4 is 52.3 Å². The van der Waals surface area contributed by atoms with Crippen LogP contribution in [0.1, 0.15) is 37.7 Å². The van der Waals surface area contributed by atoms with Crippen LogP contribution in [0.5, 0.6) is 0 Å². The molecule has 4 amide bonds. The number of hydrogen-bond acceptors (Lipinski definition) is 7. The molecule has 1 aromatic carbocycles. The minimum Gasteiger partial charge on any atom is -0.480 e. The molecule has 0 bridgehead atoms. The van der Waals surface area contributed by atoms with Crippen molar-refractivity contribution < 1.29 is 29.1 Å². The van der Waals surface area contributed by atoms with Gasteiger partial charge in [-0.3, -0.25) is 19.2 Å². The van der Waals surface area contributed by atoms with E-state index in [1.807, 2.05) is 36.7 Å². The normalized spacial score (nSPS) is 17.4. The Bertz CT molecular complexity index is 1200. The molecule has 2 heterocycles. The van der Waals surface area contributed by atoms with Gasteiger partial charge >= 0.3 is 5.97 Å². The summed E-state index contributed by atoms with van der Waals surface area (Å²) in [5, 5.41) is 15.6. The summed E-state index contributed by atoms with van der Waals surface area (Å²) in [4.78, 5) is 66.8. The Labute approximate surface area is 230 Å². The number of benzene rings is 1. The van der Waals surface area contributed by atoms with Gasteiger partial charge in [-0.05, 0) is 55.7 Å². The maximum absolute atomic E-state index is 13.5. The molecule has 1 aromatic heterocycles. The first-order valence-electron chi connectivity index (χ1n) is 12.8. The van der Waals surface area contributed by atoms with Crippen molar-refractivity contribution in [3.63, 3.8) is 0 Å². The zero-order valence-electron chi connectivity index (χ0n) is 21.9. The fourth-order valence-electron chi connectivity index (χ4n) is 4.72. The smallest absolute Gasteiger partial charge is 0.326 e. The third-order valence-electron chi connectivity index (χ3n) is 6.81. The molecule has 2 aromatic rings. The number of primary amides is 1. The Balaban J connectivity index is 1.67. The number of carboxylic acids is 1. The van der Waals surface area contributed by atoms with E-state index in [1.165, 1.54) is 16.7 Å². The average molecular weight is 561 g/mol. The van der Waals surface area contributed by atoms with E-state index in [1.54, 1.807) is 0 Å². The van der Waals surface area contributed by atoms with Crippen LogP contribution in [-0.4, -0.2) is 87.3 Å². The first-order chi connectivity index (χ1) is 18.6. The summed E-state index contributed by atoms with van der Waals surface area (Å²) < 4.78 is 0. The van der Waals surface area contributed by atoms with Gasteiger partial charge in [-0.2, -0.15) is 11.8 Å². The summed E-state index contributed by atoms with van der Waals surface area (Å²) >= 11 is 1.52. The van der Waals surface area contributed by atoms with E-state index in [-0.39, 0.29) is 19.3 Å². The van der Waals surface area contributed by atoms with Crippen molar-refractivity contribution in [1.29, 1.82) is 0 Å². The largest absolute Gasteiger partial charge is 0.480 e. The van der Waals surface area contributed by atoms with E-state index in [2.05, 4.69) is 15.6 Å². The van der Waals surface area contributed by atoms with Crippen molar-refractivity contribution in [2.75, 3.05) is 18.6 Å². The van der Waals surface area contributed by atoms with Crippen LogP contribution in [0, 0.1) is 0 Å². The van der Waals surface area contributed by atoms with E-state index in [0.717, 1.165) is 16.5 Å². The third kappa shape index (κ3) is 7.96. The van der Waals surface area contributed by atoms with Gasteiger partial charge in [0.05, 0.1) is 6.04 Å². The molecule has 0 spiro atoms. The zero-order valence-corrected chi connectivity index (χ0v) is 22.7. The fraction of sp³-hybridized carbons (Fsp3) is 0.500. The molecular formula is C26H36N6O6S. The Morgan fingerprint density at radius 1 is 1.15 bits per heavy atom. The molecule has 0 aliphatic carbocycles. The van der Waals surface area contributed by atoms with Crippen LogP contribution in [0.25, 0.3) is 10.9 Å².